The van der Waals surface area contributed by atoms with Gasteiger partial charge in [-0.15, -0.1) is 0 Å². The third-order valence-electron chi connectivity index (χ3n) is 3.61. The molecule has 1 aliphatic heterocycles. The molecule has 2 unspecified atom stereocenters. The second-order valence-corrected chi connectivity index (χ2v) is 6.28. The minimum Gasteiger partial charge on any atom is -0.373 e. The summed E-state index contributed by atoms with van der Waals surface area (Å²) in [6.45, 7) is 6.30. The van der Waals surface area contributed by atoms with Crippen LogP contribution in [0.3, 0.4) is 0 Å². The fraction of sp³-hybridized carbons (Fsp3) is 0.625. The zero-order valence-electron chi connectivity index (χ0n) is 12.0. The Morgan fingerprint density at radius 1 is 1.37 bits per heavy atom. The van der Waals surface area contributed by atoms with Gasteiger partial charge in [0.05, 0.1) is 12.7 Å². The average molecular weight is 279 g/mol. The van der Waals surface area contributed by atoms with E-state index >= 15 is 0 Å². The van der Waals surface area contributed by atoms with Crippen molar-refractivity contribution in [2.75, 3.05) is 24.7 Å². The first-order chi connectivity index (χ1) is 9.35. The molecule has 0 bridgehead atoms. The van der Waals surface area contributed by atoms with E-state index in [2.05, 4.69) is 43.4 Å². The van der Waals surface area contributed by atoms with Gasteiger partial charge in [0.25, 0.3) is 0 Å². The van der Waals surface area contributed by atoms with Gasteiger partial charge in [-0.05, 0) is 36.3 Å². The lowest BCUT2D eigenvalue weighted by molar-refractivity contribution is 0.0312. The number of hydrogen-bond acceptors (Lipinski definition) is 3. The van der Waals surface area contributed by atoms with Gasteiger partial charge in [-0.3, -0.25) is 0 Å². The van der Waals surface area contributed by atoms with E-state index in [4.69, 9.17) is 4.74 Å². The SMILES string of the molecule is CCNC(CSCC)CC1OCCc2ccccc21. The van der Waals surface area contributed by atoms with Crippen LogP contribution in [-0.2, 0) is 11.2 Å². The highest BCUT2D eigenvalue weighted by Crippen LogP contribution is 2.30. The molecular formula is C16H25NOS. The van der Waals surface area contributed by atoms with Gasteiger partial charge in [-0.1, -0.05) is 38.1 Å². The summed E-state index contributed by atoms with van der Waals surface area (Å²) in [6, 6.07) is 9.29. The predicted octanol–water partition coefficient (Wildman–Crippen LogP) is 3.42. The topological polar surface area (TPSA) is 21.3 Å². The molecule has 2 nitrogen and oxygen atoms in total. The average Bonchev–Trinajstić information content (AvgIpc) is 2.45. The Morgan fingerprint density at radius 2 is 2.21 bits per heavy atom. The molecule has 3 heteroatoms. The van der Waals surface area contributed by atoms with E-state index in [1.807, 2.05) is 11.8 Å². The quantitative estimate of drug-likeness (QED) is 0.826. The molecule has 0 fully saturated rings. The third-order valence-corrected chi connectivity index (χ3v) is 4.65. The van der Waals surface area contributed by atoms with Crippen molar-refractivity contribution < 1.29 is 4.74 Å². The molecule has 0 saturated carbocycles. The summed E-state index contributed by atoms with van der Waals surface area (Å²) in [5.74, 6) is 2.36. The van der Waals surface area contributed by atoms with Crippen LogP contribution in [-0.4, -0.2) is 30.7 Å². The molecule has 0 amide bonds. The minimum atomic E-state index is 0.270. The first-order valence-corrected chi connectivity index (χ1v) is 8.51. The standard InChI is InChI=1S/C16H25NOS/c1-3-17-14(12-19-4-2)11-16-15-8-6-5-7-13(15)9-10-18-16/h5-8,14,16-17H,3-4,9-12H2,1-2H3. The van der Waals surface area contributed by atoms with Crippen molar-refractivity contribution in [3.63, 3.8) is 0 Å². The predicted molar refractivity (Wildman–Crippen MR) is 83.9 cm³/mol. The number of hydrogen-bond donors (Lipinski definition) is 1. The molecule has 1 aromatic rings. The molecule has 0 spiro atoms. The maximum absolute atomic E-state index is 6.01. The van der Waals surface area contributed by atoms with Crippen molar-refractivity contribution in [1.29, 1.82) is 0 Å². The van der Waals surface area contributed by atoms with Crippen molar-refractivity contribution in [3.8, 4) is 0 Å². The normalized spacial score (nSPS) is 20.0. The van der Waals surface area contributed by atoms with Crippen LogP contribution < -0.4 is 5.32 Å². The fourth-order valence-corrected chi connectivity index (χ4v) is 3.46. The van der Waals surface area contributed by atoms with Crippen LogP contribution in [0.2, 0.25) is 0 Å². The van der Waals surface area contributed by atoms with Gasteiger partial charge in [0.2, 0.25) is 0 Å². The molecule has 0 aromatic heterocycles. The van der Waals surface area contributed by atoms with Crippen molar-refractivity contribution >= 4 is 11.8 Å². The number of fused-ring (bicyclic) bond motifs is 1. The van der Waals surface area contributed by atoms with Crippen LogP contribution in [0.4, 0.5) is 0 Å². The summed E-state index contributed by atoms with van der Waals surface area (Å²) in [4.78, 5) is 0. The number of benzene rings is 1. The van der Waals surface area contributed by atoms with Crippen molar-refractivity contribution in [2.45, 2.75) is 38.8 Å². The van der Waals surface area contributed by atoms with Gasteiger partial charge in [0, 0.05) is 11.8 Å². The Morgan fingerprint density at radius 3 is 3.00 bits per heavy atom. The van der Waals surface area contributed by atoms with Crippen molar-refractivity contribution in [1.82, 2.24) is 5.32 Å². The summed E-state index contributed by atoms with van der Waals surface area (Å²) in [6.07, 6.45) is 2.41. The number of rotatable bonds is 7. The first kappa shape index (κ1) is 14.9. The Bertz CT molecular complexity index is 383. The lowest BCUT2D eigenvalue weighted by Crippen LogP contribution is -2.34. The summed E-state index contributed by atoms with van der Waals surface area (Å²) >= 11 is 2.01. The van der Waals surface area contributed by atoms with E-state index in [1.54, 1.807) is 0 Å². The molecule has 1 N–H and O–H groups in total. The first-order valence-electron chi connectivity index (χ1n) is 7.35. The Hall–Kier alpha value is -0.510. The van der Waals surface area contributed by atoms with Gasteiger partial charge in [0.1, 0.15) is 0 Å². The molecule has 1 aromatic carbocycles. The van der Waals surface area contributed by atoms with Crippen LogP contribution in [0.15, 0.2) is 24.3 Å². The molecule has 19 heavy (non-hydrogen) atoms. The lowest BCUT2D eigenvalue weighted by atomic mass is 9.94. The monoisotopic (exact) mass is 279 g/mol. The van der Waals surface area contributed by atoms with E-state index in [0.717, 1.165) is 26.0 Å². The number of nitrogens with one attached hydrogen (secondary N) is 1. The van der Waals surface area contributed by atoms with E-state index in [0.29, 0.717) is 6.04 Å². The largest absolute Gasteiger partial charge is 0.373 e. The Balaban J connectivity index is 2.01. The van der Waals surface area contributed by atoms with E-state index in [9.17, 15) is 0 Å². The minimum absolute atomic E-state index is 0.270. The summed E-state index contributed by atoms with van der Waals surface area (Å²) < 4.78 is 6.01. The molecule has 0 radical (unpaired) electrons. The van der Waals surface area contributed by atoms with Crippen molar-refractivity contribution in [3.05, 3.63) is 35.4 Å². The van der Waals surface area contributed by atoms with Crippen molar-refractivity contribution in [2.24, 2.45) is 0 Å². The van der Waals surface area contributed by atoms with E-state index in [1.165, 1.54) is 22.6 Å². The molecule has 106 valence electrons. The maximum atomic E-state index is 6.01. The fourth-order valence-electron chi connectivity index (χ4n) is 2.69. The summed E-state index contributed by atoms with van der Waals surface area (Å²) in [5, 5.41) is 3.59. The highest BCUT2D eigenvalue weighted by atomic mass is 32.2. The summed E-state index contributed by atoms with van der Waals surface area (Å²) in [7, 11) is 0. The highest BCUT2D eigenvalue weighted by molar-refractivity contribution is 7.99. The van der Waals surface area contributed by atoms with Gasteiger partial charge >= 0.3 is 0 Å². The lowest BCUT2D eigenvalue weighted by Gasteiger charge is -2.29. The van der Waals surface area contributed by atoms with Gasteiger partial charge in [0.15, 0.2) is 0 Å². The maximum Gasteiger partial charge on any atom is 0.0842 e. The Kier molecular flexibility index (Phi) is 6.21. The number of ether oxygens (including phenoxy) is 1. The second-order valence-electron chi connectivity index (χ2n) is 4.96. The zero-order chi connectivity index (χ0) is 13.5. The van der Waals surface area contributed by atoms with Crippen LogP contribution in [0.1, 0.15) is 37.5 Å². The van der Waals surface area contributed by atoms with Gasteiger partial charge < -0.3 is 10.1 Å². The zero-order valence-corrected chi connectivity index (χ0v) is 12.8. The van der Waals surface area contributed by atoms with Crippen LogP contribution in [0, 0.1) is 0 Å². The third kappa shape index (κ3) is 4.23. The molecule has 1 heterocycles. The van der Waals surface area contributed by atoms with Crippen LogP contribution in [0.25, 0.3) is 0 Å². The van der Waals surface area contributed by atoms with Gasteiger partial charge in [-0.25, -0.2) is 0 Å². The smallest absolute Gasteiger partial charge is 0.0842 e. The number of thioether (sulfide) groups is 1. The summed E-state index contributed by atoms with van der Waals surface area (Å²) in [5.41, 5.74) is 2.87. The molecule has 2 atom stereocenters. The van der Waals surface area contributed by atoms with E-state index < -0.39 is 0 Å². The molecule has 1 aliphatic rings. The van der Waals surface area contributed by atoms with Gasteiger partial charge in [-0.2, -0.15) is 11.8 Å². The van der Waals surface area contributed by atoms with Crippen LogP contribution in [0.5, 0.6) is 0 Å². The molecular weight excluding hydrogens is 254 g/mol. The van der Waals surface area contributed by atoms with Crippen LogP contribution >= 0.6 is 11.8 Å². The Labute approximate surface area is 121 Å². The van der Waals surface area contributed by atoms with E-state index in [-0.39, 0.29) is 6.10 Å². The molecule has 2 rings (SSSR count). The highest BCUT2D eigenvalue weighted by Gasteiger charge is 2.23. The molecule has 0 aliphatic carbocycles. The second kappa shape index (κ2) is 7.93. The molecule has 0 saturated heterocycles.